The molecule has 23 aromatic rings. The first-order valence-electron chi connectivity index (χ1n) is 38.9. The van der Waals surface area contributed by atoms with Crippen LogP contribution in [0.25, 0.3) is 220 Å². The predicted molar refractivity (Wildman–Crippen MR) is 473 cm³/mol. The first kappa shape index (κ1) is 64.6. The van der Waals surface area contributed by atoms with Crippen LogP contribution in [0.5, 0.6) is 5.75 Å². The van der Waals surface area contributed by atoms with Crippen LogP contribution in [-0.4, -0.2) is 43.2 Å². The minimum absolute atomic E-state index is 0.428. The van der Waals surface area contributed by atoms with E-state index in [0.29, 0.717) is 29.9 Å². The molecule has 0 bridgehead atoms. The van der Waals surface area contributed by atoms with Gasteiger partial charge in [0, 0.05) is 125 Å². The highest BCUT2D eigenvalue weighted by molar-refractivity contribution is 7.26. The molecule has 0 saturated heterocycles. The molecule has 11 heteroatoms. The number of aromatic nitrogens is 9. The van der Waals surface area contributed by atoms with E-state index in [1.54, 1.807) is 0 Å². The Morgan fingerprint density at radius 2 is 0.626 bits per heavy atom. The number of para-hydroxylation sites is 5. The summed E-state index contributed by atoms with van der Waals surface area (Å²) in [5.41, 5.74) is 26.4. The molecule has 10 nitrogen and oxygen atoms in total. The van der Waals surface area contributed by atoms with Crippen molar-refractivity contribution in [3.8, 4) is 119 Å². The van der Waals surface area contributed by atoms with Gasteiger partial charge in [-0.1, -0.05) is 249 Å². The number of ether oxygens (including phenoxy) is 1. The van der Waals surface area contributed by atoms with Gasteiger partial charge in [-0.05, 0) is 138 Å². The second-order valence-corrected chi connectivity index (χ2v) is 30.8. The lowest BCUT2D eigenvalue weighted by molar-refractivity contribution is 0.308. The molecule has 1 aliphatic rings. The van der Waals surface area contributed by atoms with Gasteiger partial charge in [-0.15, -0.1) is 11.3 Å². The monoisotopic (exact) mass is 1490 g/mol. The molecule has 1 aliphatic heterocycles. The van der Waals surface area contributed by atoms with E-state index in [0.717, 1.165) is 145 Å². The third-order valence-corrected chi connectivity index (χ3v) is 24.4. The van der Waals surface area contributed by atoms with Crippen LogP contribution in [0.4, 0.5) is 0 Å². The summed E-state index contributed by atoms with van der Waals surface area (Å²) >= 11 is 1.85. The van der Waals surface area contributed by atoms with Crippen LogP contribution in [0.3, 0.4) is 0 Å². The van der Waals surface area contributed by atoms with Gasteiger partial charge in [0.2, 0.25) is 0 Å². The van der Waals surface area contributed by atoms with Crippen molar-refractivity contribution in [1.29, 1.82) is 0 Å². The van der Waals surface area contributed by atoms with Crippen molar-refractivity contribution in [3.05, 3.63) is 376 Å². The summed E-state index contributed by atoms with van der Waals surface area (Å²) in [5, 5.41) is 11.8. The Morgan fingerprint density at radius 3 is 1.23 bits per heavy atom. The molecular weight excluding hydrogens is 1420 g/mol. The third kappa shape index (κ3) is 10.2. The van der Waals surface area contributed by atoms with Crippen molar-refractivity contribution in [2.75, 3.05) is 0 Å². The van der Waals surface area contributed by atoms with Crippen LogP contribution in [0.1, 0.15) is 5.56 Å². The molecule has 115 heavy (non-hydrogen) atoms. The Labute approximate surface area is 663 Å². The van der Waals surface area contributed by atoms with E-state index in [9.17, 15) is 0 Å². The van der Waals surface area contributed by atoms with E-state index in [1.165, 1.54) is 63.6 Å². The Hall–Kier alpha value is -15.2. The Balaban J connectivity index is 0.606. The van der Waals surface area contributed by atoms with Crippen LogP contribution in [-0.2, 0) is 6.61 Å². The topological polar surface area (TPSA) is 93.4 Å². The van der Waals surface area contributed by atoms with Gasteiger partial charge in [-0.3, -0.25) is 0 Å². The van der Waals surface area contributed by atoms with Gasteiger partial charge in [0.15, 0.2) is 23.3 Å². The zero-order valence-electron chi connectivity index (χ0n) is 61.8. The summed E-state index contributed by atoms with van der Waals surface area (Å²) in [6, 6.07) is 132. The van der Waals surface area contributed by atoms with E-state index < -0.39 is 0 Å². The van der Waals surface area contributed by atoms with Crippen molar-refractivity contribution in [2.24, 2.45) is 0 Å². The van der Waals surface area contributed by atoms with Crippen molar-refractivity contribution in [3.63, 3.8) is 0 Å². The molecule has 0 radical (unpaired) electrons. The zero-order valence-corrected chi connectivity index (χ0v) is 62.6. The second kappa shape index (κ2) is 25.7. The molecule has 7 aromatic heterocycles. The molecule has 0 N–H and O–H groups in total. The largest absolute Gasteiger partial charge is 0.487 e. The number of fused-ring (bicyclic) bond motifs is 20. The first-order chi connectivity index (χ1) is 57.0. The highest BCUT2D eigenvalue weighted by atomic mass is 32.1. The van der Waals surface area contributed by atoms with Crippen LogP contribution < -0.4 is 4.74 Å². The van der Waals surface area contributed by atoms with Crippen LogP contribution in [0.2, 0.25) is 0 Å². The quantitative estimate of drug-likeness (QED) is 0.128. The molecule has 0 unspecified atom stereocenters. The Morgan fingerprint density at radius 1 is 0.226 bits per heavy atom. The molecule has 8 heterocycles. The molecule has 536 valence electrons. The molecule has 0 atom stereocenters. The maximum Gasteiger partial charge on any atom is 0.164 e. The number of thiophene rings is 1. The molecule has 0 saturated carbocycles. The highest BCUT2D eigenvalue weighted by Gasteiger charge is 2.29. The summed E-state index contributed by atoms with van der Waals surface area (Å²) < 4.78 is 19.1. The average molecular weight is 1490 g/mol. The Kier molecular flexibility index (Phi) is 14.4. The van der Waals surface area contributed by atoms with Gasteiger partial charge in [0.25, 0.3) is 0 Å². The second-order valence-electron chi connectivity index (χ2n) is 29.8. The van der Waals surface area contributed by atoms with Crippen LogP contribution >= 0.6 is 11.3 Å². The van der Waals surface area contributed by atoms with E-state index in [1.807, 2.05) is 41.7 Å². The molecular formula is C104H63N9OS. The van der Waals surface area contributed by atoms with Gasteiger partial charge in [-0.2, -0.15) is 0 Å². The van der Waals surface area contributed by atoms with Crippen molar-refractivity contribution in [1.82, 2.24) is 43.2 Å². The molecule has 0 fully saturated rings. The summed E-state index contributed by atoms with van der Waals surface area (Å²) in [4.78, 5) is 26.5. The lowest BCUT2D eigenvalue weighted by atomic mass is 9.92. The van der Waals surface area contributed by atoms with E-state index in [-0.39, 0.29) is 0 Å². The Bertz CT molecular complexity index is 7880. The van der Waals surface area contributed by atoms with E-state index in [4.69, 9.17) is 29.7 Å². The fourth-order valence-corrected chi connectivity index (χ4v) is 19.3. The number of hydrogen-bond acceptors (Lipinski definition) is 7. The normalized spacial score (nSPS) is 12.2. The lowest BCUT2D eigenvalue weighted by Crippen LogP contribution is -2.07. The first-order valence-corrected chi connectivity index (χ1v) is 39.7. The fraction of sp³-hybridized carbons (Fsp3) is 0.00962. The third-order valence-electron chi connectivity index (χ3n) is 23.3. The summed E-state index contributed by atoms with van der Waals surface area (Å²) in [5.74, 6) is 3.35. The van der Waals surface area contributed by atoms with Gasteiger partial charge >= 0.3 is 0 Å². The SMILES string of the molecule is c1ccc(-c2cc(-c3ccccc3)nc(-c3cccc(-n4c5ccccc5c5cc6c(cc54)sc4cc5c(cc46)c4c(-c6ccc(-c7nc(-c8ccccc8)nc(-c8cccc(-n9c%10ccccc%10c%10c%11c(ccc%109)-c9ccc%10c(c9OC%11)c9ccccc9n%10-c9ccccc9)c8)n7)cc6)cccc4n5-c4ccccc4)c3)n2)cc1. The summed E-state index contributed by atoms with van der Waals surface area (Å²) in [6.07, 6.45) is 0. The van der Waals surface area contributed by atoms with Crippen molar-refractivity contribution in [2.45, 2.75) is 6.61 Å². The van der Waals surface area contributed by atoms with Crippen molar-refractivity contribution < 1.29 is 4.74 Å². The minimum Gasteiger partial charge on any atom is -0.487 e. The number of rotatable bonds is 11. The fourth-order valence-electron chi connectivity index (χ4n) is 18.2. The molecule has 24 rings (SSSR count). The average Bonchev–Trinajstić information content (AvgIpc) is 1.56. The number of nitrogens with zero attached hydrogens (tertiary/aromatic N) is 9. The van der Waals surface area contributed by atoms with Gasteiger partial charge in [0.05, 0.1) is 60.9 Å². The maximum absolute atomic E-state index is 7.07. The van der Waals surface area contributed by atoms with E-state index in [2.05, 4.69) is 358 Å². The number of benzene rings is 16. The van der Waals surface area contributed by atoms with Gasteiger partial charge in [0.1, 0.15) is 12.4 Å². The van der Waals surface area contributed by atoms with Gasteiger partial charge < -0.3 is 23.0 Å². The maximum atomic E-state index is 7.07. The molecule has 0 aliphatic carbocycles. The standard InChI is InChI=1S/C104H63N9OS/c1-6-25-64(26-7-1)85-59-86(65-27-8-2-9-28-65)106-103(105-85)68-31-22-38-73(55-68)113-87-43-19-16-39-76(87)80-57-81-82-58-83-94(61-96(82)115-95(81)60-93(80)113)111(71-35-14-5-15-36-71)90-46-24-42-74(97(83)90)63-47-49-67(50-48-63)102-107-101(66-29-10-3-11-30-66)108-104(109-102)69-32-23-37-72(56-69)112-88-44-20-17-40-78(88)98-84-62-114-100-77(75(84)51-53-91(98)112)52-54-92-99(100)79-41-18-21-45-89(79)110(92)70-33-12-4-13-34-70/h1-61H,62H2. The van der Waals surface area contributed by atoms with Crippen LogP contribution in [0, 0.1) is 0 Å². The molecule has 0 spiro atoms. The van der Waals surface area contributed by atoms with E-state index >= 15 is 0 Å². The predicted octanol–water partition coefficient (Wildman–Crippen LogP) is 26.6. The zero-order chi connectivity index (χ0) is 75.3. The molecule has 0 amide bonds. The van der Waals surface area contributed by atoms with Gasteiger partial charge in [-0.25, -0.2) is 24.9 Å². The molecule has 16 aromatic carbocycles. The minimum atomic E-state index is 0.428. The highest BCUT2D eigenvalue weighted by Crippen LogP contribution is 2.51. The van der Waals surface area contributed by atoms with Crippen molar-refractivity contribution >= 4 is 119 Å². The lowest BCUT2D eigenvalue weighted by Gasteiger charge is -2.23. The number of hydrogen-bond donors (Lipinski definition) is 0. The van der Waals surface area contributed by atoms with Crippen LogP contribution in [0.15, 0.2) is 370 Å². The summed E-state index contributed by atoms with van der Waals surface area (Å²) in [7, 11) is 0. The smallest absolute Gasteiger partial charge is 0.164 e. The summed E-state index contributed by atoms with van der Waals surface area (Å²) in [6.45, 7) is 0.428.